The van der Waals surface area contributed by atoms with Gasteiger partial charge in [-0.3, -0.25) is 4.79 Å². The average molecular weight is 240 g/mol. The number of ether oxygens (including phenoxy) is 1. The average Bonchev–Trinajstić information content (AvgIpc) is 2.61. The Morgan fingerprint density at radius 2 is 2.12 bits per heavy atom. The van der Waals surface area contributed by atoms with Crippen molar-refractivity contribution in [3.05, 3.63) is 0 Å². The summed E-state index contributed by atoms with van der Waals surface area (Å²) in [4.78, 5) is 12.4. The number of carbonyl (C=O) groups is 1. The lowest BCUT2D eigenvalue weighted by atomic mass is 10.0. The third-order valence-corrected chi connectivity index (χ3v) is 2.56. The minimum absolute atomic E-state index is 0.173. The Balaban J connectivity index is 2.56. The van der Waals surface area contributed by atoms with Crippen LogP contribution in [-0.2, 0) is 9.53 Å². The fourth-order valence-electron chi connectivity index (χ4n) is 1.71. The molecular weight excluding hydrogens is 225 g/mol. The molecule has 1 fully saturated rings. The zero-order valence-corrected chi connectivity index (χ0v) is 9.17. The first kappa shape index (κ1) is 13.2. The molecule has 1 rings (SSSR count). The lowest BCUT2D eigenvalue weighted by molar-refractivity contribution is -0.161. The standard InChI is InChI=1S/C9H15F3N2O2/c1-13-7-4-16-3-6(7)8(15)14(2)5-9(10,11)12/h6-7,13H,3-5H2,1-2H3. The van der Waals surface area contributed by atoms with Gasteiger partial charge in [0.25, 0.3) is 0 Å². The van der Waals surface area contributed by atoms with Gasteiger partial charge in [0.05, 0.1) is 19.1 Å². The van der Waals surface area contributed by atoms with Crippen LogP contribution in [0.2, 0.25) is 0 Å². The van der Waals surface area contributed by atoms with E-state index in [9.17, 15) is 18.0 Å². The van der Waals surface area contributed by atoms with Crippen LogP contribution in [0.4, 0.5) is 13.2 Å². The van der Waals surface area contributed by atoms with Gasteiger partial charge in [0.2, 0.25) is 5.91 Å². The van der Waals surface area contributed by atoms with Gasteiger partial charge < -0.3 is 15.0 Å². The molecule has 1 saturated heterocycles. The number of likely N-dealkylation sites (N-methyl/N-ethyl adjacent to an activating group) is 1. The number of hydrogen-bond donors (Lipinski definition) is 1. The maximum Gasteiger partial charge on any atom is 0.406 e. The normalized spacial score (nSPS) is 25.8. The minimum Gasteiger partial charge on any atom is -0.379 e. The van der Waals surface area contributed by atoms with Crippen LogP contribution in [0.1, 0.15) is 0 Å². The highest BCUT2D eigenvalue weighted by atomic mass is 19.4. The smallest absolute Gasteiger partial charge is 0.379 e. The number of nitrogens with one attached hydrogen (secondary N) is 1. The van der Waals surface area contributed by atoms with E-state index in [1.54, 1.807) is 7.05 Å². The lowest BCUT2D eigenvalue weighted by Crippen LogP contribution is -2.45. The van der Waals surface area contributed by atoms with Gasteiger partial charge in [-0.05, 0) is 7.05 Å². The highest BCUT2D eigenvalue weighted by molar-refractivity contribution is 5.79. The van der Waals surface area contributed by atoms with Crippen LogP contribution in [0.3, 0.4) is 0 Å². The molecule has 7 heteroatoms. The number of hydrogen-bond acceptors (Lipinski definition) is 3. The number of alkyl halides is 3. The molecule has 0 aliphatic carbocycles. The van der Waals surface area contributed by atoms with E-state index in [1.165, 1.54) is 0 Å². The maximum atomic E-state index is 12.1. The van der Waals surface area contributed by atoms with Crippen molar-refractivity contribution in [3.8, 4) is 0 Å². The van der Waals surface area contributed by atoms with Gasteiger partial charge in [0, 0.05) is 13.1 Å². The molecule has 0 radical (unpaired) electrons. The Bertz CT molecular complexity index is 258. The molecule has 0 aromatic carbocycles. The summed E-state index contributed by atoms with van der Waals surface area (Å²) in [6.07, 6.45) is -4.36. The first-order valence-electron chi connectivity index (χ1n) is 4.92. The zero-order chi connectivity index (χ0) is 12.3. The molecule has 4 nitrogen and oxygen atoms in total. The monoisotopic (exact) mass is 240 g/mol. The quantitative estimate of drug-likeness (QED) is 0.768. The molecule has 0 bridgehead atoms. The number of rotatable bonds is 3. The highest BCUT2D eigenvalue weighted by Gasteiger charge is 2.38. The van der Waals surface area contributed by atoms with Gasteiger partial charge in [-0.15, -0.1) is 0 Å². The second kappa shape index (κ2) is 5.01. The van der Waals surface area contributed by atoms with E-state index in [0.717, 1.165) is 7.05 Å². The summed E-state index contributed by atoms with van der Waals surface area (Å²) in [5.41, 5.74) is 0. The molecule has 0 aromatic rings. The largest absolute Gasteiger partial charge is 0.406 e. The molecule has 1 heterocycles. The molecule has 1 aliphatic rings. The topological polar surface area (TPSA) is 41.6 Å². The minimum atomic E-state index is -4.36. The van der Waals surface area contributed by atoms with Crippen molar-refractivity contribution in [2.45, 2.75) is 12.2 Å². The lowest BCUT2D eigenvalue weighted by Gasteiger charge is -2.24. The maximum absolute atomic E-state index is 12.1. The van der Waals surface area contributed by atoms with E-state index in [0.29, 0.717) is 11.5 Å². The van der Waals surface area contributed by atoms with Crippen LogP contribution < -0.4 is 5.32 Å². The second-order valence-corrected chi connectivity index (χ2v) is 3.85. The van der Waals surface area contributed by atoms with Crippen molar-refractivity contribution in [1.82, 2.24) is 10.2 Å². The van der Waals surface area contributed by atoms with Crippen molar-refractivity contribution < 1.29 is 22.7 Å². The number of carbonyl (C=O) groups excluding carboxylic acids is 1. The molecule has 0 aromatic heterocycles. The van der Waals surface area contributed by atoms with Crippen molar-refractivity contribution in [2.24, 2.45) is 5.92 Å². The van der Waals surface area contributed by atoms with Crippen LogP contribution >= 0.6 is 0 Å². The van der Waals surface area contributed by atoms with Gasteiger partial charge in [-0.25, -0.2) is 0 Å². The fraction of sp³-hybridized carbons (Fsp3) is 0.889. The molecule has 2 atom stereocenters. The van der Waals surface area contributed by atoms with E-state index in [4.69, 9.17) is 4.74 Å². The van der Waals surface area contributed by atoms with E-state index < -0.39 is 24.5 Å². The Morgan fingerprint density at radius 3 is 2.62 bits per heavy atom. The first-order chi connectivity index (χ1) is 7.35. The summed E-state index contributed by atoms with van der Waals surface area (Å²) in [6.45, 7) is -0.696. The van der Waals surface area contributed by atoms with E-state index in [2.05, 4.69) is 5.32 Å². The molecule has 94 valence electrons. The second-order valence-electron chi connectivity index (χ2n) is 3.85. The van der Waals surface area contributed by atoms with Gasteiger partial charge in [-0.1, -0.05) is 0 Å². The molecule has 2 unspecified atom stereocenters. The highest BCUT2D eigenvalue weighted by Crippen LogP contribution is 2.20. The van der Waals surface area contributed by atoms with Gasteiger partial charge in [0.1, 0.15) is 6.54 Å². The van der Waals surface area contributed by atoms with Crippen molar-refractivity contribution in [1.29, 1.82) is 0 Å². The summed E-state index contributed by atoms with van der Waals surface area (Å²) < 4.78 is 41.3. The van der Waals surface area contributed by atoms with Crippen LogP contribution in [0.25, 0.3) is 0 Å². The van der Waals surface area contributed by atoms with Crippen LogP contribution in [0, 0.1) is 5.92 Å². The zero-order valence-electron chi connectivity index (χ0n) is 9.17. The molecule has 16 heavy (non-hydrogen) atoms. The first-order valence-corrected chi connectivity index (χ1v) is 4.92. The van der Waals surface area contributed by atoms with Gasteiger partial charge >= 0.3 is 6.18 Å². The van der Waals surface area contributed by atoms with Crippen molar-refractivity contribution in [3.63, 3.8) is 0 Å². The SMILES string of the molecule is CNC1COCC1C(=O)N(C)CC(F)(F)F. The van der Waals surface area contributed by atoms with Crippen LogP contribution in [0.5, 0.6) is 0 Å². The van der Waals surface area contributed by atoms with Crippen molar-refractivity contribution in [2.75, 3.05) is 33.9 Å². The third-order valence-electron chi connectivity index (χ3n) is 2.56. The molecule has 1 N–H and O–H groups in total. The van der Waals surface area contributed by atoms with Gasteiger partial charge in [-0.2, -0.15) is 13.2 Å². The fourth-order valence-corrected chi connectivity index (χ4v) is 1.71. The molecule has 1 amide bonds. The summed E-state index contributed by atoms with van der Waals surface area (Å²) in [6, 6.07) is -0.205. The molecule has 1 aliphatic heterocycles. The van der Waals surface area contributed by atoms with Crippen LogP contribution in [-0.4, -0.2) is 56.9 Å². The number of nitrogens with zero attached hydrogens (tertiary/aromatic N) is 1. The Kier molecular flexibility index (Phi) is 4.15. The van der Waals surface area contributed by atoms with E-state index in [1.807, 2.05) is 0 Å². The number of amides is 1. The Hall–Kier alpha value is -0.820. The third kappa shape index (κ3) is 3.34. The van der Waals surface area contributed by atoms with Gasteiger partial charge in [0.15, 0.2) is 0 Å². The Labute approximate surface area is 91.7 Å². The molecular formula is C9H15F3N2O2. The van der Waals surface area contributed by atoms with E-state index >= 15 is 0 Å². The summed E-state index contributed by atoms with van der Waals surface area (Å²) in [5, 5.41) is 2.86. The summed E-state index contributed by atoms with van der Waals surface area (Å²) in [7, 11) is 2.81. The number of halogens is 3. The predicted molar refractivity (Wildman–Crippen MR) is 50.8 cm³/mol. The van der Waals surface area contributed by atoms with E-state index in [-0.39, 0.29) is 12.6 Å². The Morgan fingerprint density at radius 1 is 1.50 bits per heavy atom. The predicted octanol–water partition coefficient (Wildman–Crippen LogP) is 0.241. The summed E-state index contributed by atoms with van der Waals surface area (Å²) in [5.74, 6) is -1.06. The van der Waals surface area contributed by atoms with Crippen molar-refractivity contribution >= 4 is 5.91 Å². The molecule has 0 saturated carbocycles. The van der Waals surface area contributed by atoms with Crippen LogP contribution in [0.15, 0.2) is 0 Å². The molecule has 0 spiro atoms. The summed E-state index contributed by atoms with van der Waals surface area (Å²) >= 11 is 0.